The molecule has 3 atom stereocenters. The molecule has 3 unspecified atom stereocenters. The normalized spacial score (nSPS) is 32.1. The fourth-order valence-electron chi connectivity index (χ4n) is 2.21. The third kappa shape index (κ3) is 2.65. The summed E-state index contributed by atoms with van der Waals surface area (Å²) >= 11 is 2.09. The van der Waals surface area contributed by atoms with E-state index in [4.69, 9.17) is 5.73 Å². The first-order valence-corrected chi connectivity index (χ1v) is 6.70. The summed E-state index contributed by atoms with van der Waals surface area (Å²) in [5, 5.41) is 0.747. The van der Waals surface area contributed by atoms with E-state index in [0.717, 1.165) is 11.8 Å². The Labute approximate surface area is 92.6 Å². The van der Waals surface area contributed by atoms with Gasteiger partial charge in [0.25, 0.3) is 0 Å². The Hall–Kier alpha value is 0.270. The van der Waals surface area contributed by atoms with Crippen LogP contribution in [0.4, 0.5) is 0 Å². The maximum Gasteiger partial charge on any atom is 0.0244 e. The Balaban J connectivity index is 2.63. The van der Waals surface area contributed by atoms with Crippen molar-refractivity contribution in [2.24, 2.45) is 11.7 Å². The van der Waals surface area contributed by atoms with Gasteiger partial charge in [-0.15, -0.1) is 0 Å². The molecule has 0 aromatic carbocycles. The number of rotatable bonds is 3. The van der Waals surface area contributed by atoms with E-state index in [9.17, 15) is 0 Å². The summed E-state index contributed by atoms with van der Waals surface area (Å²) in [5.74, 6) is 1.92. The third-order valence-electron chi connectivity index (χ3n) is 3.37. The molecule has 1 aliphatic rings. The molecule has 0 aromatic heterocycles. The Kier molecular flexibility index (Phi) is 4.74. The maximum atomic E-state index is 5.86. The molecule has 0 amide bonds. The van der Waals surface area contributed by atoms with Gasteiger partial charge in [-0.1, -0.05) is 20.8 Å². The van der Waals surface area contributed by atoms with Gasteiger partial charge in [0.1, 0.15) is 0 Å². The van der Waals surface area contributed by atoms with Crippen molar-refractivity contribution < 1.29 is 0 Å². The monoisotopic (exact) mass is 216 g/mol. The largest absolute Gasteiger partial charge is 0.329 e. The van der Waals surface area contributed by atoms with Gasteiger partial charge in [-0.2, -0.15) is 11.8 Å². The lowest BCUT2D eigenvalue weighted by atomic mass is 10.00. The van der Waals surface area contributed by atoms with Gasteiger partial charge in [0.05, 0.1) is 0 Å². The predicted octanol–water partition coefficient (Wildman–Crippen LogP) is 1.80. The van der Waals surface area contributed by atoms with Crippen molar-refractivity contribution in [2.45, 2.75) is 45.0 Å². The van der Waals surface area contributed by atoms with Gasteiger partial charge < -0.3 is 5.73 Å². The van der Waals surface area contributed by atoms with Gasteiger partial charge in [-0.05, 0) is 12.8 Å². The smallest absolute Gasteiger partial charge is 0.0244 e. The first-order chi connectivity index (χ1) is 6.57. The summed E-state index contributed by atoms with van der Waals surface area (Å²) in [5.41, 5.74) is 5.86. The van der Waals surface area contributed by atoms with E-state index in [1.54, 1.807) is 0 Å². The highest BCUT2D eigenvalue weighted by Crippen LogP contribution is 2.27. The Morgan fingerprint density at radius 1 is 1.43 bits per heavy atom. The minimum absolute atomic E-state index is 0.563. The SMILES string of the molecule is CC(C)C(CN)N1CCSC(C)C1C. The molecule has 1 saturated heterocycles. The lowest BCUT2D eigenvalue weighted by Crippen LogP contribution is -2.54. The molecule has 1 rings (SSSR count). The second-order valence-electron chi connectivity index (χ2n) is 4.60. The van der Waals surface area contributed by atoms with Crippen molar-refractivity contribution in [1.82, 2.24) is 4.90 Å². The molecule has 0 aliphatic carbocycles. The minimum atomic E-state index is 0.563. The lowest BCUT2D eigenvalue weighted by Gasteiger charge is -2.43. The lowest BCUT2D eigenvalue weighted by molar-refractivity contribution is 0.117. The van der Waals surface area contributed by atoms with Crippen LogP contribution < -0.4 is 5.73 Å². The summed E-state index contributed by atoms with van der Waals surface area (Å²) < 4.78 is 0. The molecule has 2 nitrogen and oxygen atoms in total. The Morgan fingerprint density at radius 2 is 2.07 bits per heavy atom. The Bertz CT molecular complexity index is 173. The van der Waals surface area contributed by atoms with E-state index in [1.165, 1.54) is 12.3 Å². The first-order valence-electron chi connectivity index (χ1n) is 5.65. The van der Waals surface area contributed by atoms with E-state index in [0.29, 0.717) is 18.0 Å². The maximum absolute atomic E-state index is 5.86. The van der Waals surface area contributed by atoms with Crippen molar-refractivity contribution in [2.75, 3.05) is 18.8 Å². The zero-order chi connectivity index (χ0) is 10.7. The molecule has 1 fully saturated rings. The summed E-state index contributed by atoms with van der Waals surface area (Å²) in [6, 6.07) is 1.23. The van der Waals surface area contributed by atoms with Gasteiger partial charge in [0.2, 0.25) is 0 Å². The molecule has 0 radical (unpaired) electrons. The van der Waals surface area contributed by atoms with Crippen LogP contribution in [0.3, 0.4) is 0 Å². The molecule has 84 valence electrons. The fraction of sp³-hybridized carbons (Fsp3) is 1.00. The molecule has 0 saturated carbocycles. The molecule has 1 aliphatic heterocycles. The van der Waals surface area contributed by atoms with Crippen molar-refractivity contribution in [3.63, 3.8) is 0 Å². The van der Waals surface area contributed by atoms with Crippen LogP contribution in [0, 0.1) is 5.92 Å². The number of nitrogens with two attached hydrogens (primary N) is 1. The zero-order valence-corrected chi connectivity index (χ0v) is 10.7. The third-order valence-corrected chi connectivity index (χ3v) is 4.71. The predicted molar refractivity (Wildman–Crippen MR) is 65.8 cm³/mol. The molecule has 1 heterocycles. The van der Waals surface area contributed by atoms with E-state index < -0.39 is 0 Å². The molecule has 0 spiro atoms. The van der Waals surface area contributed by atoms with Gasteiger partial charge in [-0.25, -0.2) is 0 Å². The van der Waals surface area contributed by atoms with E-state index in [1.807, 2.05) is 0 Å². The number of nitrogens with zero attached hydrogens (tertiary/aromatic N) is 1. The van der Waals surface area contributed by atoms with Crippen molar-refractivity contribution in [3.8, 4) is 0 Å². The second-order valence-corrected chi connectivity index (χ2v) is 6.09. The van der Waals surface area contributed by atoms with E-state index >= 15 is 0 Å². The van der Waals surface area contributed by atoms with Crippen LogP contribution in [0.2, 0.25) is 0 Å². The number of hydrogen-bond acceptors (Lipinski definition) is 3. The van der Waals surface area contributed by atoms with Gasteiger partial charge in [-0.3, -0.25) is 4.90 Å². The van der Waals surface area contributed by atoms with Crippen LogP contribution in [-0.4, -0.2) is 41.1 Å². The van der Waals surface area contributed by atoms with Crippen molar-refractivity contribution >= 4 is 11.8 Å². The first kappa shape index (κ1) is 12.3. The zero-order valence-electron chi connectivity index (χ0n) is 9.86. The summed E-state index contributed by atoms with van der Waals surface area (Å²) in [4.78, 5) is 2.60. The quantitative estimate of drug-likeness (QED) is 0.780. The number of thioether (sulfide) groups is 1. The van der Waals surface area contributed by atoms with E-state index in [-0.39, 0.29) is 0 Å². The van der Waals surface area contributed by atoms with Crippen LogP contribution in [0.5, 0.6) is 0 Å². The number of hydrogen-bond donors (Lipinski definition) is 1. The molecule has 3 heteroatoms. The molecule has 14 heavy (non-hydrogen) atoms. The Morgan fingerprint density at radius 3 is 2.57 bits per heavy atom. The van der Waals surface area contributed by atoms with Crippen LogP contribution >= 0.6 is 11.8 Å². The van der Waals surface area contributed by atoms with Crippen molar-refractivity contribution in [1.29, 1.82) is 0 Å². The van der Waals surface area contributed by atoms with Gasteiger partial charge in [0, 0.05) is 36.2 Å². The molecule has 2 N–H and O–H groups in total. The standard InChI is InChI=1S/C11H24N2S/c1-8(2)11(7-12)13-5-6-14-10(4)9(13)3/h8-11H,5-7,12H2,1-4H3. The van der Waals surface area contributed by atoms with Crippen molar-refractivity contribution in [3.05, 3.63) is 0 Å². The molecular weight excluding hydrogens is 192 g/mol. The van der Waals surface area contributed by atoms with Crippen LogP contribution in [0.25, 0.3) is 0 Å². The highest BCUT2D eigenvalue weighted by atomic mass is 32.2. The van der Waals surface area contributed by atoms with Gasteiger partial charge in [0.15, 0.2) is 0 Å². The highest BCUT2D eigenvalue weighted by Gasteiger charge is 2.31. The van der Waals surface area contributed by atoms with E-state index in [2.05, 4.69) is 44.4 Å². The minimum Gasteiger partial charge on any atom is -0.329 e. The topological polar surface area (TPSA) is 29.3 Å². The summed E-state index contributed by atoms with van der Waals surface area (Å²) in [6.45, 7) is 11.2. The summed E-state index contributed by atoms with van der Waals surface area (Å²) in [6.07, 6.45) is 0. The second kappa shape index (κ2) is 5.38. The van der Waals surface area contributed by atoms with Crippen LogP contribution in [0.15, 0.2) is 0 Å². The molecule has 0 bridgehead atoms. The van der Waals surface area contributed by atoms with Crippen LogP contribution in [-0.2, 0) is 0 Å². The van der Waals surface area contributed by atoms with Gasteiger partial charge >= 0.3 is 0 Å². The average molecular weight is 216 g/mol. The molecular formula is C11H24N2S. The summed E-state index contributed by atoms with van der Waals surface area (Å²) in [7, 11) is 0. The average Bonchev–Trinajstić information content (AvgIpc) is 2.13. The molecule has 0 aromatic rings. The highest BCUT2D eigenvalue weighted by molar-refractivity contribution is 8.00. The fourth-order valence-corrected chi connectivity index (χ4v) is 3.34. The van der Waals surface area contributed by atoms with Crippen LogP contribution in [0.1, 0.15) is 27.7 Å².